The number of ether oxygens (including phenoxy) is 1. The Bertz CT molecular complexity index is 137. The molecule has 9 heavy (non-hydrogen) atoms. The van der Waals surface area contributed by atoms with E-state index in [9.17, 15) is 0 Å². The first-order chi connectivity index (χ1) is 4.25. The van der Waals surface area contributed by atoms with Crippen molar-refractivity contribution in [3.8, 4) is 0 Å². The highest BCUT2D eigenvalue weighted by molar-refractivity contribution is 7.83. The summed E-state index contributed by atoms with van der Waals surface area (Å²) in [5, 5.41) is 0. The monoisotopic (exact) mass is 159 g/mol. The van der Waals surface area contributed by atoms with Crippen LogP contribution in [-0.4, -0.2) is 16.8 Å². The molecule has 0 heterocycles. The topological polar surface area (TPSA) is 9.23 Å². The van der Waals surface area contributed by atoms with E-state index in [0.29, 0.717) is 0 Å². The number of hydrogen-bond donors (Lipinski definition) is 0. The highest BCUT2D eigenvalue weighted by Gasteiger charge is 2.26. The molecule has 0 unspecified atom stereocenters. The first-order valence-corrected chi connectivity index (χ1v) is 3.54. The van der Waals surface area contributed by atoms with Gasteiger partial charge in [-0.1, -0.05) is 24.4 Å². The molecule has 1 aliphatic carbocycles. The van der Waals surface area contributed by atoms with Gasteiger partial charge in [-0.05, 0) is 12.8 Å². The standard InChI is InChI=1S/C6H7OS2/c1-7-6-4(8)2-3-5(6)9/h2-3H2,1H3. The van der Waals surface area contributed by atoms with Crippen molar-refractivity contribution in [1.82, 2.24) is 0 Å². The van der Waals surface area contributed by atoms with Gasteiger partial charge in [0.2, 0.25) is 0 Å². The summed E-state index contributed by atoms with van der Waals surface area (Å²) in [5.74, 6) is 0. The van der Waals surface area contributed by atoms with Gasteiger partial charge in [-0.2, -0.15) is 0 Å². The van der Waals surface area contributed by atoms with Crippen LogP contribution < -0.4 is 0 Å². The zero-order chi connectivity index (χ0) is 6.85. The first-order valence-electron chi connectivity index (χ1n) is 2.73. The maximum atomic E-state index is 4.97. The van der Waals surface area contributed by atoms with Crippen molar-refractivity contribution in [1.29, 1.82) is 0 Å². The van der Waals surface area contributed by atoms with Crippen molar-refractivity contribution in [2.24, 2.45) is 0 Å². The minimum Gasteiger partial charge on any atom is -0.364 e. The normalized spacial score (nSPS) is 21.4. The third kappa shape index (κ3) is 1.34. The third-order valence-electron chi connectivity index (χ3n) is 1.29. The quantitative estimate of drug-likeness (QED) is 0.539. The second-order valence-corrected chi connectivity index (χ2v) is 2.87. The maximum Gasteiger partial charge on any atom is 0.168 e. The molecule has 1 nitrogen and oxygen atoms in total. The van der Waals surface area contributed by atoms with Crippen molar-refractivity contribution < 1.29 is 4.74 Å². The molecule has 1 radical (unpaired) electrons. The lowest BCUT2D eigenvalue weighted by molar-refractivity contribution is 0.281. The third-order valence-corrected chi connectivity index (χ3v) is 2.07. The molecule has 1 fully saturated rings. The van der Waals surface area contributed by atoms with E-state index in [2.05, 4.69) is 0 Å². The van der Waals surface area contributed by atoms with Gasteiger partial charge in [0.05, 0.1) is 0 Å². The van der Waals surface area contributed by atoms with Gasteiger partial charge in [0.25, 0.3) is 0 Å². The molecule has 0 aliphatic heterocycles. The highest BCUT2D eigenvalue weighted by Crippen LogP contribution is 2.22. The van der Waals surface area contributed by atoms with Crippen molar-refractivity contribution >= 4 is 34.2 Å². The van der Waals surface area contributed by atoms with E-state index in [1.165, 1.54) is 0 Å². The summed E-state index contributed by atoms with van der Waals surface area (Å²) >= 11 is 9.93. The van der Waals surface area contributed by atoms with Gasteiger partial charge in [0, 0.05) is 16.8 Å². The fraction of sp³-hybridized carbons (Fsp3) is 0.500. The van der Waals surface area contributed by atoms with Gasteiger partial charge < -0.3 is 4.74 Å². The van der Waals surface area contributed by atoms with Gasteiger partial charge in [-0.3, -0.25) is 0 Å². The largest absolute Gasteiger partial charge is 0.364 e. The lowest BCUT2D eigenvalue weighted by Crippen LogP contribution is -2.09. The molecule has 1 aliphatic rings. The van der Waals surface area contributed by atoms with Crippen LogP contribution >= 0.6 is 24.4 Å². The van der Waals surface area contributed by atoms with E-state index >= 15 is 0 Å². The van der Waals surface area contributed by atoms with Crippen molar-refractivity contribution in [3.05, 3.63) is 6.10 Å². The van der Waals surface area contributed by atoms with Crippen LogP contribution in [0.3, 0.4) is 0 Å². The highest BCUT2D eigenvalue weighted by atomic mass is 32.1. The Morgan fingerprint density at radius 1 is 1.22 bits per heavy atom. The fourth-order valence-corrected chi connectivity index (χ4v) is 1.52. The summed E-state index contributed by atoms with van der Waals surface area (Å²) in [7, 11) is 1.61. The molecule has 49 valence electrons. The molecule has 0 aromatic rings. The molecule has 0 saturated heterocycles. The summed E-state index contributed by atoms with van der Waals surface area (Å²) in [5.41, 5.74) is 0. The van der Waals surface area contributed by atoms with E-state index in [0.717, 1.165) is 28.7 Å². The molecule has 0 amide bonds. The zero-order valence-electron chi connectivity index (χ0n) is 5.14. The summed E-state index contributed by atoms with van der Waals surface area (Å²) in [6.07, 6.45) is 2.56. The zero-order valence-corrected chi connectivity index (χ0v) is 6.77. The molecular formula is C6H7OS2. The number of hydrogen-bond acceptors (Lipinski definition) is 3. The average Bonchev–Trinajstić information content (AvgIpc) is 2.12. The van der Waals surface area contributed by atoms with Crippen LogP contribution in [0.5, 0.6) is 0 Å². The molecule has 0 spiro atoms. The minimum absolute atomic E-state index is 0.764. The van der Waals surface area contributed by atoms with Crippen LogP contribution in [0, 0.1) is 6.10 Å². The van der Waals surface area contributed by atoms with E-state index < -0.39 is 0 Å². The molecule has 3 heteroatoms. The van der Waals surface area contributed by atoms with Crippen molar-refractivity contribution in [3.63, 3.8) is 0 Å². The molecular weight excluding hydrogens is 152 g/mol. The second kappa shape index (κ2) is 2.82. The number of thiocarbonyl (C=S) groups is 2. The predicted octanol–water partition coefficient (Wildman–Crippen LogP) is 1.70. The van der Waals surface area contributed by atoms with E-state index in [1.54, 1.807) is 7.11 Å². The van der Waals surface area contributed by atoms with E-state index in [-0.39, 0.29) is 0 Å². The lowest BCUT2D eigenvalue weighted by atomic mass is 10.3. The van der Waals surface area contributed by atoms with E-state index in [4.69, 9.17) is 29.2 Å². The second-order valence-electron chi connectivity index (χ2n) is 1.88. The number of rotatable bonds is 1. The first kappa shape index (κ1) is 7.25. The predicted molar refractivity (Wildman–Crippen MR) is 44.7 cm³/mol. The van der Waals surface area contributed by atoms with Crippen molar-refractivity contribution in [2.75, 3.05) is 7.11 Å². The van der Waals surface area contributed by atoms with Crippen LogP contribution in [0.1, 0.15) is 12.8 Å². The summed E-state index contributed by atoms with van der Waals surface area (Å²) in [4.78, 5) is 1.75. The van der Waals surface area contributed by atoms with Gasteiger partial charge in [-0.15, -0.1) is 0 Å². The SMILES string of the molecule is CO[C]1C(=S)CCC1=S. The lowest BCUT2D eigenvalue weighted by Gasteiger charge is -2.03. The van der Waals surface area contributed by atoms with Crippen LogP contribution in [0.25, 0.3) is 0 Å². The van der Waals surface area contributed by atoms with Crippen LogP contribution in [0.4, 0.5) is 0 Å². The Balaban J connectivity index is 2.66. The minimum atomic E-state index is 0.764. The maximum absolute atomic E-state index is 4.97. The van der Waals surface area contributed by atoms with Crippen molar-refractivity contribution in [2.45, 2.75) is 12.8 Å². The van der Waals surface area contributed by atoms with Crippen LogP contribution in [-0.2, 0) is 4.74 Å². The molecule has 0 bridgehead atoms. The Hall–Kier alpha value is 0.140. The Labute approximate surface area is 65.4 Å². The van der Waals surface area contributed by atoms with Gasteiger partial charge in [0.15, 0.2) is 6.10 Å². The smallest absolute Gasteiger partial charge is 0.168 e. The average molecular weight is 159 g/mol. The van der Waals surface area contributed by atoms with Crippen LogP contribution in [0.15, 0.2) is 0 Å². The fourth-order valence-electron chi connectivity index (χ4n) is 0.837. The Morgan fingerprint density at radius 3 is 1.89 bits per heavy atom. The molecule has 0 aromatic carbocycles. The molecule has 1 saturated carbocycles. The van der Waals surface area contributed by atoms with Gasteiger partial charge in [0.1, 0.15) is 0 Å². The summed E-state index contributed by atoms with van der Waals surface area (Å²) in [6, 6.07) is 0. The molecule has 0 N–H and O–H groups in total. The Kier molecular flexibility index (Phi) is 2.27. The number of methoxy groups -OCH3 is 1. The molecule has 0 aromatic heterocycles. The molecule has 0 atom stereocenters. The van der Waals surface area contributed by atoms with Gasteiger partial charge in [-0.25, -0.2) is 0 Å². The Morgan fingerprint density at radius 2 is 1.67 bits per heavy atom. The van der Waals surface area contributed by atoms with E-state index in [1.807, 2.05) is 0 Å². The van der Waals surface area contributed by atoms with Crippen LogP contribution in [0.2, 0.25) is 0 Å². The molecule has 1 rings (SSSR count). The van der Waals surface area contributed by atoms with Gasteiger partial charge >= 0.3 is 0 Å². The summed E-state index contributed by atoms with van der Waals surface area (Å²) < 4.78 is 4.97. The summed E-state index contributed by atoms with van der Waals surface area (Å²) in [6.45, 7) is 0.